The predicted molar refractivity (Wildman–Crippen MR) is 89.3 cm³/mol. The maximum Gasteiger partial charge on any atom is 0.331 e. The highest BCUT2D eigenvalue weighted by atomic mass is 35.5. The van der Waals surface area contributed by atoms with E-state index in [0.29, 0.717) is 16.3 Å². The molecule has 0 aliphatic rings. The lowest BCUT2D eigenvalue weighted by Crippen LogP contribution is -2.20. The molecule has 0 aliphatic carbocycles. The lowest BCUT2D eigenvalue weighted by atomic mass is 10.2. The number of carbonyl (C=O) groups excluding carboxylic acids is 2. The van der Waals surface area contributed by atoms with Crippen molar-refractivity contribution in [3.63, 3.8) is 0 Å². The Balaban J connectivity index is 1.83. The van der Waals surface area contributed by atoms with Gasteiger partial charge in [0.1, 0.15) is 0 Å². The van der Waals surface area contributed by atoms with Gasteiger partial charge in [0.25, 0.3) is 5.91 Å². The van der Waals surface area contributed by atoms with Gasteiger partial charge in [0.15, 0.2) is 11.8 Å². The second-order valence-corrected chi connectivity index (χ2v) is 5.12. The minimum absolute atomic E-state index is 0.158. The Morgan fingerprint density at radius 3 is 2.70 bits per heavy atom. The van der Waals surface area contributed by atoms with Gasteiger partial charge in [-0.2, -0.15) is 0 Å². The average Bonchev–Trinajstić information content (AvgIpc) is 2.54. The van der Waals surface area contributed by atoms with Gasteiger partial charge in [-0.15, -0.1) is 0 Å². The van der Waals surface area contributed by atoms with E-state index in [0.717, 1.165) is 0 Å². The largest absolute Gasteiger partial charge is 0.452 e. The summed E-state index contributed by atoms with van der Waals surface area (Å²) in [5.74, 6) is -1.17. The summed E-state index contributed by atoms with van der Waals surface area (Å²) < 4.78 is 4.83. The fraction of sp³-hybridized carbons (Fsp3) is 0.0625. The van der Waals surface area contributed by atoms with Crippen LogP contribution in [-0.4, -0.2) is 23.5 Å². The van der Waals surface area contributed by atoms with Gasteiger partial charge in [-0.25, -0.2) is 9.78 Å². The lowest BCUT2D eigenvalue weighted by Gasteiger charge is -2.06. The van der Waals surface area contributed by atoms with Crippen LogP contribution in [0.2, 0.25) is 10.2 Å². The highest BCUT2D eigenvalue weighted by molar-refractivity contribution is 6.32. The number of nitrogens with one attached hydrogen (secondary N) is 1. The molecule has 2 aromatic rings. The summed E-state index contributed by atoms with van der Waals surface area (Å²) in [6.45, 7) is -0.434. The number of hydrogen-bond donors (Lipinski definition) is 1. The van der Waals surface area contributed by atoms with Crippen LogP contribution in [0.25, 0.3) is 6.08 Å². The molecule has 0 fully saturated rings. The first-order valence-electron chi connectivity index (χ1n) is 6.56. The van der Waals surface area contributed by atoms with Crippen LogP contribution in [0.4, 0.5) is 5.69 Å². The smallest absolute Gasteiger partial charge is 0.331 e. The summed E-state index contributed by atoms with van der Waals surface area (Å²) in [7, 11) is 0. The number of hydrogen-bond acceptors (Lipinski definition) is 4. The van der Waals surface area contributed by atoms with Crippen LogP contribution < -0.4 is 5.32 Å². The van der Waals surface area contributed by atoms with Gasteiger partial charge in [0.05, 0.1) is 5.69 Å². The summed E-state index contributed by atoms with van der Waals surface area (Å²) in [6.07, 6.45) is 4.21. The first-order valence-corrected chi connectivity index (χ1v) is 7.31. The lowest BCUT2D eigenvalue weighted by molar-refractivity contribution is -0.142. The Morgan fingerprint density at radius 1 is 1.17 bits per heavy atom. The highest BCUT2D eigenvalue weighted by Gasteiger charge is 2.08. The minimum atomic E-state index is -0.655. The Hall–Kier alpha value is -2.37. The number of carbonyl (C=O) groups is 2. The number of rotatable bonds is 5. The van der Waals surface area contributed by atoms with Gasteiger partial charge in [0.2, 0.25) is 0 Å². The number of aromatic nitrogens is 1. The Kier molecular flexibility index (Phi) is 6.14. The first kappa shape index (κ1) is 17.0. The van der Waals surface area contributed by atoms with Gasteiger partial charge < -0.3 is 10.1 Å². The van der Waals surface area contributed by atoms with Crippen molar-refractivity contribution >= 4 is 46.8 Å². The number of pyridine rings is 1. The van der Waals surface area contributed by atoms with Crippen LogP contribution in [0.1, 0.15) is 5.56 Å². The molecule has 0 saturated carbocycles. The topological polar surface area (TPSA) is 68.3 Å². The highest BCUT2D eigenvalue weighted by Crippen LogP contribution is 2.17. The van der Waals surface area contributed by atoms with E-state index in [9.17, 15) is 9.59 Å². The van der Waals surface area contributed by atoms with E-state index in [2.05, 4.69) is 10.3 Å². The zero-order chi connectivity index (χ0) is 16.7. The number of ether oxygens (including phenoxy) is 1. The standard InChI is InChI=1S/C16H12Cl2N2O3/c17-12-5-2-1-4-11(12)7-8-15(22)23-10-14(21)20-13-6-3-9-19-16(13)18/h1-9H,10H2,(H,20,21)/b8-7+. The van der Waals surface area contributed by atoms with Gasteiger partial charge in [-0.05, 0) is 29.8 Å². The molecular weight excluding hydrogens is 339 g/mol. The molecule has 0 radical (unpaired) electrons. The summed E-state index contributed by atoms with van der Waals surface area (Å²) in [6, 6.07) is 10.3. The van der Waals surface area contributed by atoms with Crippen LogP contribution in [0.15, 0.2) is 48.7 Å². The molecule has 7 heteroatoms. The molecule has 0 unspecified atom stereocenters. The fourth-order valence-corrected chi connectivity index (χ4v) is 1.98. The third-order valence-corrected chi connectivity index (χ3v) is 3.33. The van der Waals surface area contributed by atoms with E-state index in [1.165, 1.54) is 18.3 Å². The Labute approximate surface area is 142 Å². The first-order chi connectivity index (χ1) is 11.1. The van der Waals surface area contributed by atoms with E-state index in [-0.39, 0.29) is 5.15 Å². The summed E-state index contributed by atoms with van der Waals surface area (Å²) in [5.41, 5.74) is 1.03. The number of halogens is 2. The number of esters is 1. The molecule has 0 spiro atoms. The number of benzene rings is 1. The van der Waals surface area contributed by atoms with Crippen LogP contribution in [-0.2, 0) is 14.3 Å². The van der Waals surface area contributed by atoms with E-state index < -0.39 is 18.5 Å². The van der Waals surface area contributed by atoms with Crippen molar-refractivity contribution in [2.24, 2.45) is 0 Å². The normalized spacial score (nSPS) is 10.5. The third kappa shape index (κ3) is 5.39. The number of nitrogens with zero attached hydrogens (tertiary/aromatic N) is 1. The van der Waals surface area contributed by atoms with E-state index in [1.807, 2.05) is 0 Å². The molecule has 0 saturated heterocycles. The van der Waals surface area contributed by atoms with Crippen molar-refractivity contribution in [3.8, 4) is 0 Å². The van der Waals surface area contributed by atoms with Gasteiger partial charge in [0, 0.05) is 17.3 Å². The van der Waals surface area contributed by atoms with Crippen LogP contribution in [0.3, 0.4) is 0 Å². The van der Waals surface area contributed by atoms with Gasteiger partial charge >= 0.3 is 5.97 Å². The average molecular weight is 351 g/mol. The van der Waals surface area contributed by atoms with E-state index in [4.69, 9.17) is 27.9 Å². The van der Waals surface area contributed by atoms with E-state index in [1.54, 1.807) is 36.4 Å². The van der Waals surface area contributed by atoms with Crippen LogP contribution in [0.5, 0.6) is 0 Å². The van der Waals surface area contributed by atoms with Gasteiger partial charge in [-0.3, -0.25) is 4.79 Å². The maximum absolute atomic E-state index is 11.7. The summed E-state index contributed by atoms with van der Waals surface area (Å²) in [5, 5.41) is 3.17. The molecule has 1 N–H and O–H groups in total. The molecule has 2 rings (SSSR count). The van der Waals surface area contributed by atoms with Crippen molar-refractivity contribution < 1.29 is 14.3 Å². The molecule has 0 aliphatic heterocycles. The van der Waals surface area contributed by atoms with Gasteiger partial charge in [-0.1, -0.05) is 41.4 Å². The molecule has 0 bridgehead atoms. The van der Waals surface area contributed by atoms with Crippen molar-refractivity contribution in [3.05, 3.63) is 64.4 Å². The quantitative estimate of drug-likeness (QED) is 0.508. The van der Waals surface area contributed by atoms with Crippen molar-refractivity contribution in [2.45, 2.75) is 0 Å². The predicted octanol–water partition coefficient (Wildman–Crippen LogP) is 3.58. The molecule has 1 aromatic heterocycles. The second-order valence-electron chi connectivity index (χ2n) is 4.35. The Bertz CT molecular complexity index is 748. The molecule has 23 heavy (non-hydrogen) atoms. The molecule has 118 valence electrons. The van der Waals surface area contributed by atoms with E-state index >= 15 is 0 Å². The van der Waals surface area contributed by atoms with Crippen molar-refractivity contribution in [1.29, 1.82) is 0 Å². The monoisotopic (exact) mass is 350 g/mol. The fourth-order valence-electron chi connectivity index (χ4n) is 1.62. The third-order valence-electron chi connectivity index (χ3n) is 2.68. The van der Waals surface area contributed by atoms with Crippen LogP contribution >= 0.6 is 23.2 Å². The molecule has 5 nitrogen and oxygen atoms in total. The second kappa shape index (κ2) is 8.31. The molecular formula is C16H12Cl2N2O3. The number of amides is 1. The van der Waals surface area contributed by atoms with Crippen molar-refractivity contribution in [1.82, 2.24) is 4.98 Å². The SMILES string of the molecule is O=C(COC(=O)/C=C/c1ccccc1Cl)Nc1cccnc1Cl. The zero-order valence-electron chi connectivity index (χ0n) is 11.8. The van der Waals surface area contributed by atoms with Crippen LogP contribution in [0, 0.1) is 0 Å². The molecule has 1 heterocycles. The molecule has 0 atom stereocenters. The maximum atomic E-state index is 11.7. The minimum Gasteiger partial charge on any atom is -0.452 e. The molecule has 1 amide bonds. The summed E-state index contributed by atoms with van der Waals surface area (Å²) >= 11 is 11.8. The zero-order valence-corrected chi connectivity index (χ0v) is 13.3. The van der Waals surface area contributed by atoms with Crippen molar-refractivity contribution in [2.75, 3.05) is 11.9 Å². The molecule has 1 aromatic carbocycles. The summed E-state index contributed by atoms with van der Waals surface area (Å²) in [4.78, 5) is 27.1. The number of anilines is 1. The Morgan fingerprint density at radius 2 is 1.96 bits per heavy atom.